The standard InChI is InChI=1S/C36H38N2O5/c1-41-32-17-8-16-30(25-32)33-36(26-28-13-6-3-7-14-28,35(40)37-22-9-15-27-11-4-2-5-12-27)38-34(43-33)29-18-20-31(21-19-29)42-24-10-23-39/h2-8,11-14,16-21,25,33,39H,9-10,15,22-24,26H2,1H3,(H,37,40)/t33-,36-/m1/s1. The van der Waals surface area contributed by atoms with Gasteiger partial charge in [0.1, 0.15) is 11.5 Å². The summed E-state index contributed by atoms with van der Waals surface area (Å²) in [5.74, 6) is 1.57. The summed E-state index contributed by atoms with van der Waals surface area (Å²) in [7, 11) is 1.62. The Morgan fingerprint density at radius 3 is 2.30 bits per heavy atom. The van der Waals surface area contributed by atoms with E-state index in [1.807, 2.05) is 97.1 Å². The van der Waals surface area contributed by atoms with Gasteiger partial charge in [0.25, 0.3) is 5.91 Å². The molecular formula is C36H38N2O5. The first kappa shape index (κ1) is 29.9. The minimum atomic E-state index is -1.26. The Kier molecular flexibility index (Phi) is 10.1. The molecule has 0 saturated heterocycles. The van der Waals surface area contributed by atoms with E-state index in [-0.39, 0.29) is 12.5 Å². The van der Waals surface area contributed by atoms with E-state index in [2.05, 4.69) is 17.4 Å². The number of amides is 1. The maximum absolute atomic E-state index is 14.3. The number of benzene rings is 4. The summed E-state index contributed by atoms with van der Waals surface area (Å²) in [6.07, 6.45) is 1.89. The Bertz CT molecular complexity index is 1490. The van der Waals surface area contributed by atoms with Crippen LogP contribution in [0.2, 0.25) is 0 Å². The molecule has 0 bridgehead atoms. The van der Waals surface area contributed by atoms with Gasteiger partial charge in [0.05, 0.1) is 13.7 Å². The number of rotatable bonds is 14. The highest BCUT2D eigenvalue weighted by Crippen LogP contribution is 2.43. The van der Waals surface area contributed by atoms with Gasteiger partial charge >= 0.3 is 0 Å². The average molecular weight is 579 g/mol. The van der Waals surface area contributed by atoms with Gasteiger partial charge in [-0.25, -0.2) is 4.99 Å². The second-order valence-electron chi connectivity index (χ2n) is 10.6. The number of hydrogen-bond acceptors (Lipinski definition) is 6. The molecule has 0 radical (unpaired) electrons. The highest BCUT2D eigenvalue weighted by Gasteiger charge is 2.53. The third-order valence-corrected chi connectivity index (χ3v) is 7.51. The van der Waals surface area contributed by atoms with Gasteiger partial charge in [0.15, 0.2) is 11.6 Å². The number of ether oxygens (including phenoxy) is 3. The lowest BCUT2D eigenvalue weighted by Gasteiger charge is -2.31. The van der Waals surface area contributed by atoms with E-state index in [4.69, 9.17) is 24.3 Å². The minimum Gasteiger partial charge on any atom is -0.497 e. The molecule has 0 aliphatic carbocycles. The molecule has 1 amide bonds. The van der Waals surface area contributed by atoms with E-state index in [0.717, 1.165) is 29.5 Å². The molecule has 1 heterocycles. The van der Waals surface area contributed by atoms with Gasteiger partial charge < -0.3 is 24.6 Å². The van der Waals surface area contributed by atoms with Crippen LogP contribution >= 0.6 is 0 Å². The van der Waals surface area contributed by atoms with E-state index in [0.29, 0.717) is 43.4 Å². The molecule has 0 unspecified atom stereocenters. The van der Waals surface area contributed by atoms with Crippen LogP contribution in [0.3, 0.4) is 0 Å². The van der Waals surface area contributed by atoms with Crippen LogP contribution in [0.25, 0.3) is 0 Å². The molecule has 1 aliphatic heterocycles. The maximum atomic E-state index is 14.3. The first-order valence-electron chi connectivity index (χ1n) is 14.7. The van der Waals surface area contributed by atoms with Crippen LogP contribution in [0.15, 0.2) is 114 Å². The van der Waals surface area contributed by atoms with Crippen LogP contribution in [-0.4, -0.2) is 49.3 Å². The van der Waals surface area contributed by atoms with Crippen LogP contribution in [0.1, 0.15) is 41.2 Å². The number of aliphatic imine (C=N–C) groups is 1. The Labute approximate surface area is 253 Å². The van der Waals surface area contributed by atoms with Crippen molar-refractivity contribution in [1.29, 1.82) is 0 Å². The van der Waals surface area contributed by atoms with Gasteiger partial charge in [-0.2, -0.15) is 0 Å². The van der Waals surface area contributed by atoms with Crippen LogP contribution in [0.5, 0.6) is 11.5 Å². The Balaban J connectivity index is 1.48. The summed E-state index contributed by atoms with van der Waals surface area (Å²) in [5.41, 5.74) is 2.51. The minimum absolute atomic E-state index is 0.0756. The van der Waals surface area contributed by atoms with Crippen molar-refractivity contribution in [3.05, 3.63) is 131 Å². The van der Waals surface area contributed by atoms with Crippen molar-refractivity contribution in [3.8, 4) is 11.5 Å². The number of aryl methyl sites for hydroxylation is 1. The number of methoxy groups -OCH3 is 1. The summed E-state index contributed by atoms with van der Waals surface area (Å²) >= 11 is 0. The summed E-state index contributed by atoms with van der Waals surface area (Å²) in [4.78, 5) is 19.4. The highest BCUT2D eigenvalue weighted by molar-refractivity contribution is 6.01. The number of nitrogens with zero attached hydrogens (tertiary/aromatic N) is 1. The SMILES string of the molecule is COc1cccc([C@H]2OC(c3ccc(OCCCO)cc3)=N[C@@]2(Cc2ccccc2)C(=O)NCCCc2ccccc2)c1. The lowest BCUT2D eigenvalue weighted by molar-refractivity contribution is -0.128. The average Bonchev–Trinajstić information content (AvgIpc) is 3.45. The van der Waals surface area contributed by atoms with E-state index in [1.54, 1.807) is 7.11 Å². The van der Waals surface area contributed by atoms with E-state index in [9.17, 15) is 4.79 Å². The molecule has 2 N–H and O–H groups in total. The summed E-state index contributed by atoms with van der Waals surface area (Å²) in [6, 6.07) is 35.3. The smallest absolute Gasteiger partial charge is 0.252 e. The number of hydrogen-bond donors (Lipinski definition) is 2. The fourth-order valence-corrected chi connectivity index (χ4v) is 5.29. The first-order chi connectivity index (χ1) is 21.1. The summed E-state index contributed by atoms with van der Waals surface area (Å²) in [5, 5.41) is 12.2. The molecule has 5 rings (SSSR count). The Morgan fingerprint density at radius 1 is 0.884 bits per heavy atom. The van der Waals surface area contributed by atoms with Crippen LogP contribution in [0, 0.1) is 0 Å². The molecule has 4 aromatic carbocycles. The summed E-state index contributed by atoms with van der Waals surface area (Å²) < 4.78 is 17.8. The predicted molar refractivity (Wildman–Crippen MR) is 168 cm³/mol. The predicted octanol–water partition coefficient (Wildman–Crippen LogP) is 5.71. The zero-order valence-corrected chi connectivity index (χ0v) is 24.4. The molecule has 7 nitrogen and oxygen atoms in total. The van der Waals surface area contributed by atoms with Crippen molar-refractivity contribution in [2.75, 3.05) is 26.9 Å². The molecule has 0 saturated carbocycles. The maximum Gasteiger partial charge on any atom is 0.252 e. The number of nitrogens with one attached hydrogen (secondary N) is 1. The van der Waals surface area contributed by atoms with Crippen molar-refractivity contribution in [2.45, 2.75) is 37.3 Å². The highest BCUT2D eigenvalue weighted by atomic mass is 16.5. The van der Waals surface area contributed by atoms with Crippen molar-refractivity contribution >= 4 is 11.8 Å². The Hall–Kier alpha value is -4.62. The van der Waals surface area contributed by atoms with Crippen LogP contribution < -0.4 is 14.8 Å². The van der Waals surface area contributed by atoms with Crippen molar-refractivity contribution in [2.24, 2.45) is 4.99 Å². The number of carbonyl (C=O) groups is 1. The molecule has 0 aromatic heterocycles. The van der Waals surface area contributed by atoms with Crippen molar-refractivity contribution in [1.82, 2.24) is 5.32 Å². The fraction of sp³-hybridized carbons (Fsp3) is 0.278. The third kappa shape index (κ3) is 7.43. The van der Waals surface area contributed by atoms with E-state index < -0.39 is 11.6 Å². The van der Waals surface area contributed by atoms with Gasteiger partial charge in [0, 0.05) is 31.6 Å². The van der Waals surface area contributed by atoms with Gasteiger partial charge in [-0.1, -0.05) is 72.8 Å². The number of aliphatic hydroxyl groups excluding tert-OH is 1. The Morgan fingerprint density at radius 2 is 1.60 bits per heavy atom. The van der Waals surface area contributed by atoms with E-state index >= 15 is 0 Å². The zero-order chi connectivity index (χ0) is 29.9. The number of carbonyl (C=O) groups excluding carboxylic acids is 1. The van der Waals surface area contributed by atoms with Gasteiger partial charge in [-0.05, 0) is 65.9 Å². The molecule has 0 spiro atoms. The van der Waals surface area contributed by atoms with Gasteiger partial charge in [0.2, 0.25) is 5.90 Å². The van der Waals surface area contributed by atoms with Crippen molar-refractivity contribution in [3.63, 3.8) is 0 Å². The second kappa shape index (κ2) is 14.5. The molecular weight excluding hydrogens is 540 g/mol. The molecule has 43 heavy (non-hydrogen) atoms. The number of aliphatic hydroxyl groups is 1. The van der Waals surface area contributed by atoms with Crippen molar-refractivity contribution < 1.29 is 24.1 Å². The third-order valence-electron chi connectivity index (χ3n) is 7.51. The monoisotopic (exact) mass is 578 g/mol. The topological polar surface area (TPSA) is 89.4 Å². The fourth-order valence-electron chi connectivity index (χ4n) is 5.29. The van der Waals surface area contributed by atoms with Gasteiger partial charge in [-0.3, -0.25) is 4.79 Å². The van der Waals surface area contributed by atoms with Gasteiger partial charge in [-0.15, -0.1) is 0 Å². The second-order valence-corrected chi connectivity index (χ2v) is 10.6. The van der Waals surface area contributed by atoms with Crippen LogP contribution in [0.4, 0.5) is 0 Å². The van der Waals surface area contributed by atoms with Crippen LogP contribution in [-0.2, 0) is 22.4 Å². The quantitative estimate of drug-likeness (QED) is 0.187. The molecule has 7 heteroatoms. The summed E-state index contributed by atoms with van der Waals surface area (Å²) in [6.45, 7) is 1.02. The molecule has 0 fully saturated rings. The lowest BCUT2D eigenvalue weighted by Crippen LogP contribution is -2.50. The molecule has 222 valence electrons. The first-order valence-corrected chi connectivity index (χ1v) is 14.7. The lowest BCUT2D eigenvalue weighted by atomic mass is 9.82. The normalized spacial score (nSPS) is 17.5. The zero-order valence-electron chi connectivity index (χ0n) is 24.4. The molecule has 1 aliphatic rings. The largest absolute Gasteiger partial charge is 0.497 e. The molecule has 2 atom stereocenters. The molecule has 4 aromatic rings. The van der Waals surface area contributed by atoms with E-state index in [1.165, 1.54) is 5.56 Å².